The summed E-state index contributed by atoms with van der Waals surface area (Å²) in [6.45, 7) is 5.66. The molecule has 0 unspecified atom stereocenters. The van der Waals surface area contributed by atoms with Crippen LogP contribution < -0.4 is 4.90 Å². The minimum absolute atomic E-state index is 0.0803. The fourth-order valence-corrected chi connectivity index (χ4v) is 8.72. The zero-order chi connectivity index (χ0) is 23.7. The molecule has 1 aliphatic heterocycles. The zero-order valence-electron chi connectivity index (χ0n) is 21.3. The van der Waals surface area contributed by atoms with Crippen molar-refractivity contribution in [2.24, 2.45) is 17.3 Å². The van der Waals surface area contributed by atoms with Crippen molar-refractivity contribution in [1.82, 2.24) is 0 Å². The predicted octanol–water partition coefficient (Wildman–Crippen LogP) is 6.76. The van der Waals surface area contributed by atoms with E-state index in [0.717, 1.165) is 32.3 Å². The monoisotopic (exact) mass is 457 g/mol. The van der Waals surface area contributed by atoms with Crippen LogP contribution in [-0.4, -0.2) is 32.1 Å². The number of hydrogen-bond acceptors (Lipinski definition) is 3. The van der Waals surface area contributed by atoms with Gasteiger partial charge in [0.15, 0.2) is 5.78 Å². The molecule has 0 radical (unpaired) electrons. The quantitative estimate of drug-likeness (QED) is 0.460. The van der Waals surface area contributed by atoms with Gasteiger partial charge in [-0.3, -0.25) is 4.79 Å². The number of carbonyl (C=O) groups is 1. The van der Waals surface area contributed by atoms with Gasteiger partial charge in [-0.1, -0.05) is 30.7 Å². The van der Waals surface area contributed by atoms with Crippen LogP contribution in [0.4, 0.5) is 5.69 Å². The predicted molar refractivity (Wildman–Crippen MR) is 138 cm³/mol. The maximum atomic E-state index is 12.3. The summed E-state index contributed by atoms with van der Waals surface area (Å²) in [5.41, 5.74) is 8.88. The largest absolute Gasteiger partial charge is 0.378 e. The Morgan fingerprint density at radius 3 is 2.59 bits per heavy atom. The minimum atomic E-state index is -0.0803. The van der Waals surface area contributed by atoms with Crippen molar-refractivity contribution in [3.63, 3.8) is 0 Å². The van der Waals surface area contributed by atoms with Gasteiger partial charge in [-0.2, -0.15) is 0 Å². The van der Waals surface area contributed by atoms with Crippen molar-refractivity contribution in [1.29, 1.82) is 0 Å². The summed E-state index contributed by atoms with van der Waals surface area (Å²) in [7, 11) is 4.22. The van der Waals surface area contributed by atoms with E-state index < -0.39 is 0 Å². The number of fused-ring (bicyclic) bond motifs is 5. The van der Waals surface area contributed by atoms with E-state index in [0.29, 0.717) is 30.0 Å². The number of carbonyl (C=O) groups excluding carboxylic acids is 1. The van der Waals surface area contributed by atoms with E-state index in [2.05, 4.69) is 63.2 Å². The number of ether oxygens (including phenoxy) is 1. The first-order valence-corrected chi connectivity index (χ1v) is 13.4. The van der Waals surface area contributed by atoms with Gasteiger partial charge < -0.3 is 9.64 Å². The number of benzene rings is 1. The molecule has 1 aromatic rings. The molecule has 3 nitrogen and oxygen atoms in total. The highest BCUT2D eigenvalue weighted by Crippen LogP contribution is 2.70. The van der Waals surface area contributed by atoms with Gasteiger partial charge in [-0.25, -0.2) is 0 Å². The van der Waals surface area contributed by atoms with E-state index in [1.165, 1.54) is 36.1 Å². The molecule has 2 saturated carbocycles. The summed E-state index contributed by atoms with van der Waals surface area (Å²) in [4.78, 5) is 14.5. The highest BCUT2D eigenvalue weighted by molar-refractivity contribution is 5.93. The van der Waals surface area contributed by atoms with Gasteiger partial charge >= 0.3 is 0 Å². The summed E-state index contributed by atoms with van der Waals surface area (Å²) in [5, 5.41) is 0. The van der Waals surface area contributed by atoms with Crippen molar-refractivity contribution in [2.45, 2.75) is 76.7 Å². The highest BCUT2D eigenvalue weighted by atomic mass is 16.5. The number of nitrogens with zero attached hydrogens (tertiary/aromatic N) is 1. The third kappa shape index (κ3) is 3.02. The Bertz CT molecular complexity index is 1110. The molecule has 0 N–H and O–H groups in total. The molecule has 1 heterocycles. The summed E-state index contributed by atoms with van der Waals surface area (Å²) in [5.74, 6) is 2.01. The van der Waals surface area contributed by atoms with Crippen LogP contribution in [0.15, 0.2) is 58.7 Å². The van der Waals surface area contributed by atoms with Crippen molar-refractivity contribution < 1.29 is 9.53 Å². The molecule has 3 fully saturated rings. The van der Waals surface area contributed by atoms with Crippen LogP contribution in [0.1, 0.15) is 76.7 Å². The van der Waals surface area contributed by atoms with Crippen molar-refractivity contribution in [3.05, 3.63) is 64.3 Å². The van der Waals surface area contributed by atoms with E-state index in [-0.39, 0.29) is 11.0 Å². The molecule has 0 aromatic heterocycles. The van der Waals surface area contributed by atoms with Crippen LogP contribution in [-0.2, 0) is 9.53 Å². The summed E-state index contributed by atoms with van der Waals surface area (Å²) in [6, 6.07) is 9.30. The Labute approximate surface area is 204 Å². The lowest BCUT2D eigenvalue weighted by Crippen LogP contribution is -2.52. The van der Waals surface area contributed by atoms with Gasteiger partial charge in [-0.05, 0) is 104 Å². The molecular weight excluding hydrogens is 418 g/mol. The van der Waals surface area contributed by atoms with Gasteiger partial charge in [0, 0.05) is 37.5 Å². The van der Waals surface area contributed by atoms with Crippen LogP contribution in [0.3, 0.4) is 0 Å². The first-order valence-electron chi connectivity index (χ1n) is 13.4. The molecule has 5 aliphatic rings. The van der Waals surface area contributed by atoms with E-state index >= 15 is 0 Å². The van der Waals surface area contributed by atoms with Crippen LogP contribution in [0.5, 0.6) is 0 Å². The zero-order valence-corrected chi connectivity index (χ0v) is 21.3. The van der Waals surface area contributed by atoms with Crippen molar-refractivity contribution in [3.8, 4) is 0 Å². The molecule has 3 heteroatoms. The van der Waals surface area contributed by atoms with Crippen molar-refractivity contribution >= 4 is 11.5 Å². The third-order valence-corrected chi connectivity index (χ3v) is 10.3. The fourth-order valence-electron chi connectivity index (χ4n) is 8.72. The Balaban J connectivity index is 1.51. The second kappa shape index (κ2) is 7.95. The van der Waals surface area contributed by atoms with E-state index in [4.69, 9.17) is 4.74 Å². The Kier molecular flexibility index (Phi) is 5.22. The molecule has 6 rings (SSSR count). The normalized spacial score (nSPS) is 38.1. The smallest absolute Gasteiger partial charge is 0.156 e. The maximum absolute atomic E-state index is 12.3. The lowest BCUT2D eigenvalue weighted by molar-refractivity contribution is -0.114. The van der Waals surface area contributed by atoms with Gasteiger partial charge in [-0.15, -0.1) is 0 Å². The number of rotatable bonds is 2. The van der Waals surface area contributed by atoms with Crippen LogP contribution >= 0.6 is 0 Å². The standard InChI is InChI=1S/C31H39NO2/c1-5-22-15-17-34-31(22)16-14-28-26-12-8-21-18-24(33)11-13-25(21)29(26)27(19-30(28,31)2)20-6-9-23(10-7-20)32(3)4/h5-7,9-10,18,26-28H,8,11-17,19H2,1-4H3/b22-5-/t26-,27+,28-,30-,31+/m0/s1. The second-order valence-corrected chi connectivity index (χ2v) is 11.8. The van der Waals surface area contributed by atoms with E-state index in [1.807, 2.05) is 6.08 Å². The Morgan fingerprint density at radius 1 is 1.06 bits per heavy atom. The highest BCUT2D eigenvalue weighted by Gasteiger charge is 2.66. The molecule has 1 spiro atoms. The van der Waals surface area contributed by atoms with Crippen LogP contribution in [0.2, 0.25) is 0 Å². The lowest BCUT2D eigenvalue weighted by Gasteiger charge is -2.55. The van der Waals surface area contributed by atoms with Gasteiger partial charge in [0.25, 0.3) is 0 Å². The fraction of sp³-hybridized carbons (Fsp3) is 0.581. The van der Waals surface area contributed by atoms with Gasteiger partial charge in [0.2, 0.25) is 0 Å². The molecule has 4 aliphatic carbocycles. The first-order chi connectivity index (χ1) is 16.4. The lowest BCUT2D eigenvalue weighted by atomic mass is 9.50. The van der Waals surface area contributed by atoms with Crippen LogP contribution in [0.25, 0.3) is 0 Å². The number of anilines is 1. The Hall–Kier alpha value is -2.13. The molecule has 5 atom stereocenters. The average molecular weight is 458 g/mol. The van der Waals surface area contributed by atoms with Crippen LogP contribution in [0, 0.1) is 17.3 Å². The number of hydrogen-bond donors (Lipinski definition) is 0. The SMILES string of the molecule is C/C=C1/CCO[C@]12CC[C@H]1[C@@H]3CCC4=CC(=O)CCC4=C3[C@@H](c3ccc(N(C)C)cc3)C[C@@]12C. The molecule has 1 aromatic carbocycles. The molecular formula is C31H39NO2. The third-order valence-electron chi connectivity index (χ3n) is 10.3. The Morgan fingerprint density at radius 2 is 1.85 bits per heavy atom. The maximum Gasteiger partial charge on any atom is 0.156 e. The topological polar surface area (TPSA) is 29.5 Å². The molecule has 34 heavy (non-hydrogen) atoms. The van der Waals surface area contributed by atoms with E-state index in [9.17, 15) is 4.79 Å². The number of ketones is 1. The minimum Gasteiger partial charge on any atom is -0.378 e. The summed E-state index contributed by atoms with van der Waals surface area (Å²) >= 11 is 0. The molecule has 1 saturated heterocycles. The van der Waals surface area contributed by atoms with Gasteiger partial charge in [0.05, 0.1) is 12.2 Å². The molecule has 0 bridgehead atoms. The summed E-state index contributed by atoms with van der Waals surface area (Å²) < 4.78 is 6.77. The molecule has 0 amide bonds. The van der Waals surface area contributed by atoms with Crippen molar-refractivity contribution in [2.75, 3.05) is 25.6 Å². The first kappa shape index (κ1) is 22.3. The molecule has 180 valence electrons. The van der Waals surface area contributed by atoms with Gasteiger partial charge in [0.1, 0.15) is 0 Å². The number of allylic oxidation sites excluding steroid dienone is 5. The average Bonchev–Trinajstić information content (AvgIpc) is 3.39. The second-order valence-electron chi connectivity index (χ2n) is 11.8. The summed E-state index contributed by atoms with van der Waals surface area (Å²) in [6.07, 6.45) is 12.9. The van der Waals surface area contributed by atoms with E-state index in [1.54, 1.807) is 16.7 Å².